The lowest BCUT2D eigenvalue weighted by Gasteiger charge is -2.36. The molecule has 1 heterocycles. The minimum atomic E-state index is -0.541. The van der Waals surface area contributed by atoms with E-state index in [4.69, 9.17) is 37.7 Å². The highest BCUT2D eigenvalue weighted by molar-refractivity contribution is 6.35. The molecular weight excluding hydrogens is 299 g/mol. The molecule has 0 bridgehead atoms. The van der Waals surface area contributed by atoms with E-state index >= 15 is 0 Å². The second-order valence-electron chi connectivity index (χ2n) is 5.25. The fourth-order valence-corrected chi connectivity index (χ4v) is 3.18. The van der Waals surface area contributed by atoms with Crippen molar-refractivity contribution in [2.75, 3.05) is 6.61 Å². The Balaban J connectivity index is 1.69. The summed E-state index contributed by atoms with van der Waals surface area (Å²) in [6.07, 6.45) is 3.64. The van der Waals surface area contributed by atoms with Crippen molar-refractivity contribution in [1.82, 2.24) is 0 Å². The van der Waals surface area contributed by atoms with Crippen molar-refractivity contribution in [2.45, 2.75) is 37.6 Å². The molecule has 1 spiro atoms. The van der Waals surface area contributed by atoms with E-state index in [0.29, 0.717) is 16.7 Å². The number of hydrogen-bond donors (Lipinski definition) is 0. The van der Waals surface area contributed by atoms with Crippen molar-refractivity contribution in [2.24, 2.45) is 0 Å². The Hall–Kier alpha value is -0.580. The van der Waals surface area contributed by atoms with Gasteiger partial charge in [0.1, 0.15) is 6.10 Å². The number of hydrogen-bond acceptors (Lipinski definition) is 3. The summed E-state index contributed by atoms with van der Waals surface area (Å²) in [5, 5.41) is 1.14. The van der Waals surface area contributed by atoms with Crippen LogP contribution in [0.25, 0.3) is 5.57 Å². The molecule has 1 saturated heterocycles. The normalized spacial score (nSPS) is 25.0. The molecule has 3 nitrogen and oxygen atoms in total. The van der Waals surface area contributed by atoms with Crippen LogP contribution in [-0.4, -0.2) is 18.5 Å². The lowest BCUT2D eigenvalue weighted by Crippen LogP contribution is -2.43. The SMILES string of the molecule is C=C(c1ccc(Cl)cc1Cl)C1COC2(CCCC2)OO1. The number of rotatable bonds is 2. The monoisotopic (exact) mass is 314 g/mol. The molecular formula is C15H16Cl2O3. The van der Waals surface area contributed by atoms with Gasteiger partial charge in [-0.05, 0) is 36.1 Å². The first-order chi connectivity index (χ1) is 9.60. The molecule has 1 saturated carbocycles. The first kappa shape index (κ1) is 14.4. The third-order valence-electron chi connectivity index (χ3n) is 3.84. The first-order valence-electron chi connectivity index (χ1n) is 6.72. The minimum Gasteiger partial charge on any atom is -0.344 e. The van der Waals surface area contributed by atoms with Gasteiger partial charge in [-0.15, -0.1) is 0 Å². The van der Waals surface area contributed by atoms with E-state index < -0.39 is 5.79 Å². The maximum atomic E-state index is 6.18. The van der Waals surface area contributed by atoms with Gasteiger partial charge in [0.05, 0.1) is 6.61 Å². The zero-order valence-corrected chi connectivity index (χ0v) is 12.5. The van der Waals surface area contributed by atoms with Crippen LogP contribution < -0.4 is 0 Å². The summed E-state index contributed by atoms with van der Waals surface area (Å²) in [5.41, 5.74) is 1.54. The van der Waals surface area contributed by atoms with Crippen LogP contribution in [0.5, 0.6) is 0 Å². The van der Waals surface area contributed by atoms with Crippen molar-refractivity contribution in [3.63, 3.8) is 0 Å². The molecule has 108 valence electrons. The highest BCUT2D eigenvalue weighted by Gasteiger charge is 2.42. The molecule has 0 aromatic heterocycles. The molecule has 2 aliphatic rings. The van der Waals surface area contributed by atoms with Crippen molar-refractivity contribution in [1.29, 1.82) is 0 Å². The van der Waals surface area contributed by atoms with E-state index in [1.165, 1.54) is 0 Å². The third kappa shape index (κ3) is 2.74. The number of ether oxygens (including phenoxy) is 1. The Bertz CT molecular complexity index is 514. The summed E-state index contributed by atoms with van der Waals surface area (Å²) in [7, 11) is 0. The highest BCUT2D eigenvalue weighted by atomic mass is 35.5. The van der Waals surface area contributed by atoms with E-state index in [9.17, 15) is 0 Å². The van der Waals surface area contributed by atoms with E-state index in [1.54, 1.807) is 12.1 Å². The van der Waals surface area contributed by atoms with Crippen LogP contribution in [0.2, 0.25) is 10.0 Å². The Labute approximate surface area is 128 Å². The second kappa shape index (κ2) is 5.66. The summed E-state index contributed by atoms with van der Waals surface area (Å²) in [5.74, 6) is -0.541. The zero-order valence-electron chi connectivity index (χ0n) is 11.0. The van der Waals surface area contributed by atoms with Crippen molar-refractivity contribution in [3.05, 3.63) is 40.4 Å². The third-order valence-corrected chi connectivity index (χ3v) is 4.39. The molecule has 1 unspecified atom stereocenters. The molecule has 1 aromatic rings. The molecule has 20 heavy (non-hydrogen) atoms. The van der Waals surface area contributed by atoms with Gasteiger partial charge in [-0.2, -0.15) is 0 Å². The Kier molecular flexibility index (Phi) is 4.07. The smallest absolute Gasteiger partial charge is 0.201 e. The maximum absolute atomic E-state index is 6.18. The zero-order chi connectivity index (χ0) is 14.2. The lowest BCUT2D eigenvalue weighted by atomic mass is 10.0. The maximum Gasteiger partial charge on any atom is 0.201 e. The van der Waals surface area contributed by atoms with Gasteiger partial charge in [0.15, 0.2) is 0 Å². The predicted molar refractivity (Wildman–Crippen MR) is 78.6 cm³/mol. The summed E-state index contributed by atoms with van der Waals surface area (Å²) >= 11 is 12.1. The summed E-state index contributed by atoms with van der Waals surface area (Å²) in [6.45, 7) is 4.47. The molecule has 1 atom stereocenters. The average molecular weight is 315 g/mol. The quantitative estimate of drug-likeness (QED) is 0.745. The Morgan fingerprint density at radius 2 is 2.00 bits per heavy atom. The van der Waals surface area contributed by atoms with Gasteiger partial charge in [-0.25, -0.2) is 9.78 Å². The second-order valence-corrected chi connectivity index (χ2v) is 6.09. The van der Waals surface area contributed by atoms with E-state index in [-0.39, 0.29) is 6.10 Å². The number of halogens is 2. The number of benzene rings is 1. The van der Waals surface area contributed by atoms with Gasteiger partial charge < -0.3 is 4.74 Å². The molecule has 0 radical (unpaired) electrons. The van der Waals surface area contributed by atoms with Crippen molar-refractivity contribution in [3.8, 4) is 0 Å². The largest absolute Gasteiger partial charge is 0.344 e. The Morgan fingerprint density at radius 3 is 2.60 bits per heavy atom. The van der Waals surface area contributed by atoms with Crippen LogP contribution in [0, 0.1) is 0 Å². The van der Waals surface area contributed by atoms with Crippen LogP contribution in [0.15, 0.2) is 24.8 Å². The van der Waals surface area contributed by atoms with Gasteiger partial charge in [0, 0.05) is 22.9 Å². The van der Waals surface area contributed by atoms with Crippen LogP contribution in [-0.2, 0) is 14.5 Å². The van der Waals surface area contributed by atoms with E-state index in [2.05, 4.69) is 6.58 Å². The molecule has 1 aliphatic heterocycles. The Morgan fingerprint density at radius 1 is 1.25 bits per heavy atom. The fourth-order valence-electron chi connectivity index (χ4n) is 2.65. The van der Waals surface area contributed by atoms with Crippen molar-refractivity contribution < 1.29 is 14.5 Å². The van der Waals surface area contributed by atoms with E-state index in [1.807, 2.05) is 6.07 Å². The van der Waals surface area contributed by atoms with Gasteiger partial charge in [0.25, 0.3) is 0 Å². The highest BCUT2D eigenvalue weighted by Crippen LogP contribution is 2.39. The van der Waals surface area contributed by atoms with E-state index in [0.717, 1.165) is 36.8 Å². The standard InChI is InChI=1S/C15H16Cl2O3/c1-10(12-5-4-11(16)8-13(12)17)14-9-18-15(20-19-14)6-2-3-7-15/h4-5,8,14H,1-3,6-7,9H2. The molecule has 2 fully saturated rings. The molecule has 1 aliphatic carbocycles. The minimum absolute atomic E-state index is 0.347. The lowest BCUT2D eigenvalue weighted by molar-refractivity contribution is -0.475. The van der Waals surface area contributed by atoms with Crippen molar-refractivity contribution >= 4 is 28.8 Å². The predicted octanol–water partition coefficient (Wildman–Crippen LogP) is 4.62. The van der Waals surface area contributed by atoms with Crippen LogP contribution in [0.3, 0.4) is 0 Å². The first-order valence-corrected chi connectivity index (χ1v) is 7.48. The molecule has 0 amide bonds. The molecule has 0 N–H and O–H groups in total. The van der Waals surface area contributed by atoms with Crippen LogP contribution in [0.1, 0.15) is 31.2 Å². The van der Waals surface area contributed by atoms with Gasteiger partial charge >= 0.3 is 0 Å². The van der Waals surface area contributed by atoms with Gasteiger partial charge in [-0.3, -0.25) is 0 Å². The summed E-state index contributed by atoms with van der Waals surface area (Å²) in [4.78, 5) is 11.0. The average Bonchev–Trinajstić information content (AvgIpc) is 2.87. The summed E-state index contributed by atoms with van der Waals surface area (Å²) < 4.78 is 5.87. The molecule has 5 heteroatoms. The summed E-state index contributed by atoms with van der Waals surface area (Å²) in [6, 6.07) is 5.29. The molecule has 1 aromatic carbocycles. The fraction of sp³-hybridized carbons (Fsp3) is 0.467. The van der Waals surface area contributed by atoms with Crippen LogP contribution >= 0.6 is 23.2 Å². The van der Waals surface area contributed by atoms with Gasteiger partial charge in [-0.1, -0.05) is 35.8 Å². The van der Waals surface area contributed by atoms with Gasteiger partial charge in [0.2, 0.25) is 5.79 Å². The topological polar surface area (TPSA) is 27.7 Å². The molecule has 3 rings (SSSR count). The van der Waals surface area contributed by atoms with Crippen LogP contribution in [0.4, 0.5) is 0 Å².